The second-order valence-electron chi connectivity index (χ2n) is 7.29. The minimum absolute atomic E-state index is 0.188. The van der Waals surface area contributed by atoms with E-state index in [0.29, 0.717) is 49.6 Å². The van der Waals surface area contributed by atoms with Crippen molar-refractivity contribution in [3.63, 3.8) is 0 Å². The minimum Gasteiger partial charge on any atom is -0.392 e. The van der Waals surface area contributed by atoms with Gasteiger partial charge >= 0.3 is 0 Å². The van der Waals surface area contributed by atoms with E-state index < -0.39 is 12.4 Å². The number of morpholine rings is 1. The number of aromatic nitrogens is 5. The summed E-state index contributed by atoms with van der Waals surface area (Å²) in [4.78, 5) is 20.6. The van der Waals surface area contributed by atoms with Crippen LogP contribution in [-0.2, 0) is 11.3 Å². The summed E-state index contributed by atoms with van der Waals surface area (Å²) in [7, 11) is 0. The zero-order valence-electron chi connectivity index (χ0n) is 18.1. The van der Waals surface area contributed by atoms with Gasteiger partial charge in [-0.15, -0.1) is 0 Å². The number of halogens is 1. The number of ether oxygens (including phenoxy) is 1. The quantitative estimate of drug-likeness (QED) is 0.594. The van der Waals surface area contributed by atoms with Crippen molar-refractivity contribution in [1.82, 2.24) is 24.5 Å². The number of anilines is 1. The number of aliphatic hydroxyl groups excluding tert-OH is 1. The molecular formula is C23H25FN6O2. The van der Waals surface area contributed by atoms with Crippen LogP contribution in [0.1, 0.15) is 24.0 Å². The van der Waals surface area contributed by atoms with Crippen molar-refractivity contribution in [2.45, 2.75) is 20.5 Å². The van der Waals surface area contributed by atoms with Crippen LogP contribution in [0, 0.1) is 12.7 Å². The number of allylic oxidation sites excluding steroid dienone is 3. The number of rotatable bonds is 6. The number of aliphatic hydroxyl groups is 1. The van der Waals surface area contributed by atoms with Crippen LogP contribution in [-0.4, -0.2) is 55.9 Å². The minimum atomic E-state index is -0.470. The van der Waals surface area contributed by atoms with Crippen molar-refractivity contribution < 1.29 is 14.2 Å². The Kier molecular flexibility index (Phi) is 6.67. The van der Waals surface area contributed by atoms with Crippen LogP contribution in [0.4, 0.5) is 10.3 Å². The Morgan fingerprint density at radius 1 is 1.09 bits per heavy atom. The topological polar surface area (TPSA) is 89.2 Å². The van der Waals surface area contributed by atoms with Crippen LogP contribution >= 0.6 is 0 Å². The normalized spacial score (nSPS) is 14.7. The zero-order valence-corrected chi connectivity index (χ0v) is 18.1. The number of aryl methyl sites for hydroxylation is 1. The Morgan fingerprint density at radius 3 is 2.62 bits per heavy atom. The van der Waals surface area contributed by atoms with Gasteiger partial charge in [0.15, 0.2) is 5.82 Å². The standard InChI is InChI=1S/C23H25FN6O2/c1-3-4-5-6-19-14-30(16(2)25-19)23-27-21(17-7-8-20(24)18(13-17)15-31)26-22(28-23)29-9-11-32-12-10-29/h3-8,13-14,31H,9-12,15H2,1-2H3/b4-3-,6-5-. The molecule has 1 fully saturated rings. The Labute approximate surface area is 185 Å². The van der Waals surface area contributed by atoms with E-state index in [1.54, 1.807) is 16.7 Å². The highest BCUT2D eigenvalue weighted by Gasteiger charge is 2.19. The third-order valence-corrected chi connectivity index (χ3v) is 5.07. The summed E-state index contributed by atoms with van der Waals surface area (Å²) < 4.78 is 21.2. The largest absolute Gasteiger partial charge is 0.392 e. The lowest BCUT2D eigenvalue weighted by molar-refractivity contribution is 0.122. The number of hydrogen-bond acceptors (Lipinski definition) is 7. The first kappa shape index (κ1) is 21.8. The van der Waals surface area contributed by atoms with Gasteiger partial charge in [-0.2, -0.15) is 15.0 Å². The molecule has 8 nitrogen and oxygen atoms in total. The molecule has 0 radical (unpaired) electrons. The predicted molar refractivity (Wildman–Crippen MR) is 120 cm³/mol. The molecule has 1 aromatic carbocycles. The maximum atomic E-state index is 13.9. The van der Waals surface area contributed by atoms with Crippen molar-refractivity contribution in [3.8, 4) is 17.3 Å². The molecule has 0 aliphatic carbocycles. The van der Waals surface area contributed by atoms with E-state index in [-0.39, 0.29) is 5.56 Å². The molecule has 2 aromatic heterocycles. The first-order chi connectivity index (χ1) is 15.6. The lowest BCUT2D eigenvalue weighted by Gasteiger charge is -2.27. The highest BCUT2D eigenvalue weighted by atomic mass is 19.1. The third kappa shape index (κ3) is 4.74. The molecule has 0 unspecified atom stereocenters. The lowest BCUT2D eigenvalue weighted by atomic mass is 10.1. The molecule has 4 rings (SSSR count). The van der Waals surface area contributed by atoms with E-state index in [9.17, 15) is 9.50 Å². The number of imidazole rings is 1. The van der Waals surface area contributed by atoms with Crippen molar-refractivity contribution in [3.05, 3.63) is 65.5 Å². The fraction of sp³-hybridized carbons (Fsp3) is 0.304. The van der Waals surface area contributed by atoms with E-state index in [0.717, 1.165) is 11.5 Å². The van der Waals surface area contributed by atoms with Crippen LogP contribution in [0.3, 0.4) is 0 Å². The molecule has 0 spiro atoms. The number of hydrogen-bond donors (Lipinski definition) is 1. The van der Waals surface area contributed by atoms with Crippen molar-refractivity contribution in [2.75, 3.05) is 31.2 Å². The van der Waals surface area contributed by atoms with Crippen molar-refractivity contribution >= 4 is 12.0 Å². The van der Waals surface area contributed by atoms with Crippen molar-refractivity contribution in [2.24, 2.45) is 0 Å². The first-order valence-electron chi connectivity index (χ1n) is 10.4. The van der Waals surface area contributed by atoms with E-state index in [4.69, 9.17) is 9.72 Å². The molecule has 3 aromatic rings. The van der Waals surface area contributed by atoms with E-state index in [2.05, 4.69) is 15.0 Å². The molecular weight excluding hydrogens is 411 g/mol. The van der Waals surface area contributed by atoms with Crippen LogP contribution in [0.2, 0.25) is 0 Å². The van der Waals surface area contributed by atoms with Crippen molar-refractivity contribution in [1.29, 1.82) is 0 Å². The lowest BCUT2D eigenvalue weighted by Crippen LogP contribution is -2.37. The summed E-state index contributed by atoms with van der Waals surface area (Å²) in [5.41, 5.74) is 1.56. The number of nitrogens with zero attached hydrogens (tertiary/aromatic N) is 6. The summed E-state index contributed by atoms with van der Waals surface area (Å²) in [6.45, 7) is 5.93. The van der Waals surface area contributed by atoms with Gasteiger partial charge in [0, 0.05) is 30.4 Å². The van der Waals surface area contributed by atoms with Crippen LogP contribution in [0.5, 0.6) is 0 Å². The second-order valence-corrected chi connectivity index (χ2v) is 7.29. The van der Waals surface area contributed by atoms with Gasteiger partial charge in [-0.05, 0) is 38.1 Å². The molecule has 9 heteroatoms. The average Bonchev–Trinajstić information content (AvgIpc) is 3.20. The highest BCUT2D eigenvalue weighted by molar-refractivity contribution is 5.59. The van der Waals surface area contributed by atoms with Crippen LogP contribution in [0.15, 0.2) is 42.6 Å². The Hall–Kier alpha value is -3.43. The summed E-state index contributed by atoms with van der Waals surface area (Å²) in [5, 5.41) is 9.47. The van der Waals surface area contributed by atoms with E-state index in [1.807, 2.05) is 49.2 Å². The zero-order chi connectivity index (χ0) is 22.5. The molecule has 32 heavy (non-hydrogen) atoms. The monoisotopic (exact) mass is 436 g/mol. The predicted octanol–water partition coefficient (Wildman–Crippen LogP) is 3.09. The second kappa shape index (κ2) is 9.80. The van der Waals surface area contributed by atoms with Gasteiger partial charge in [0.25, 0.3) is 0 Å². The van der Waals surface area contributed by atoms with Gasteiger partial charge in [0.05, 0.1) is 25.5 Å². The van der Waals surface area contributed by atoms with Gasteiger partial charge in [0.2, 0.25) is 11.9 Å². The van der Waals surface area contributed by atoms with Gasteiger partial charge in [0.1, 0.15) is 11.6 Å². The summed E-state index contributed by atoms with van der Waals surface area (Å²) in [6, 6.07) is 4.47. The van der Waals surface area contributed by atoms with Crippen LogP contribution < -0.4 is 4.90 Å². The summed E-state index contributed by atoms with van der Waals surface area (Å²) >= 11 is 0. The molecule has 1 aliphatic rings. The summed E-state index contributed by atoms with van der Waals surface area (Å²) in [5.74, 6) is 1.59. The molecule has 0 bridgehead atoms. The Morgan fingerprint density at radius 2 is 1.88 bits per heavy atom. The molecule has 0 amide bonds. The average molecular weight is 436 g/mol. The Bertz CT molecular complexity index is 1150. The Balaban J connectivity index is 1.81. The number of benzene rings is 1. The maximum Gasteiger partial charge on any atom is 0.240 e. The molecule has 1 N–H and O–H groups in total. The highest BCUT2D eigenvalue weighted by Crippen LogP contribution is 2.23. The SMILES string of the molecule is C/C=C\C=C/c1cn(-c2nc(-c3ccc(F)c(CO)c3)nc(N3CCOCC3)n2)c(C)n1. The van der Waals surface area contributed by atoms with Gasteiger partial charge < -0.3 is 14.7 Å². The summed E-state index contributed by atoms with van der Waals surface area (Å²) in [6.07, 6.45) is 9.55. The molecule has 0 saturated carbocycles. The molecule has 1 saturated heterocycles. The molecule has 0 atom stereocenters. The van der Waals surface area contributed by atoms with Gasteiger partial charge in [-0.3, -0.25) is 4.57 Å². The van der Waals surface area contributed by atoms with Crippen LogP contribution in [0.25, 0.3) is 23.4 Å². The molecule has 3 heterocycles. The third-order valence-electron chi connectivity index (χ3n) is 5.07. The smallest absolute Gasteiger partial charge is 0.240 e. The van der Waals surface area contributed by atoms with Gasteiger partial charge in [-0.1, -0.05) is 18.2 Å². The molecule has 166 valence electrons. The van der Waals surface area contributed by atoms with E-state index in [1.165, 1.54) is 6.07 Å². The fourth-order valence-electron chi connectivity index (χ4n) is 3.37. The molecule has 1 aliphatic heterocycles. The maximum absolute atomic E-state index is 13.9. The van der Waals surface area contributed by atoms with Gasteiger partial charge in [-0.25, -0.2) is 9.37 Å². The first-order valence-corrected chi connectivity index (χ1v) is 10.4. The fourth-order valence-corrected chi connectivity index (χ4v) is 3.37. The van der Waals surface area contributed by atoms with E-state index >= 15 is 0 Å².